The number of hydrogen-bond acceptors (Lipinski definition) is 4. The molecule has 3 N–H and O–H groups in total. The minimum Gasteiger partial charge on any atom is -0.364 e. The van der Waals surface area contributed by atoms with Gasteiger partial charge in [-0.05, 0) is 36.1 Å². The van der Waals surface area contributed by atoms with Gasteiger partial charge in [0.15, 0.2) is 0 Å². The molecule has 1 aliphatic rings. The maximum Gasteiger partial charge on any atom is 0.253 e. The van der Waals surface area contributed by atoms with Crippen molar-refractivity contribution in [2.45, 2.75) is 36.6 Å². The Bertz CT molecular complexity index is 767. The molecule has 0 saturated carbocycles. The van der Waals surface area contributed by atoms with Crippen LogP contribution < -0.4 is 11.1 Å². The molecule has 1 saturated heterocycles. The molecule has 3 rings (SSSR count). The Morgan fingerprint density at radius 2 is 1.81 bits per heavy atom. The average molecular weight is 372 g/mol. The highest BCUT2D eigenvalue weighted by Gasteiger charge is 2.29. The molecule has 2 aromatic carbocycles. The molecule has 1 heterocycles. The van der Waals surface area contributed by atoms with E-state index in [9.17, 15) is 9.00 Å². The van der Waals surface area contributed by atoms with Crippen LogP contribution in [0.4, 0.5) is 5.69 Å². The zero-order valence-corrected chi connectivity index (χ0v) is 15.4. The zero-order valence-electron chi connectivity index (χ0n) is 14.6. The molecule has 3 atom stereocenters. The lowest BCUT2D eigenvalue weighted by atomic mass is 10.1. The number of benzene rings is 2. The van der Waals surface area contributed by atoms with Gasteiger partial charge in [-0.15, -0.1) is 0 Å². The molecular formula is C20H24N2O3S. The summed E-state index contributed by atoms with van der Waals surface area (Å²) < 4.78 is 18.0. The second-order valence-corrected chi connectivity index (χ2v) is 7.92. The predicted octanol–water partition coefficient (Wildman–Crippen LogP) is 2.58. The highest BCUT2D eigenvalue weighted by molar-refractivity contribution is 7.83. The maximum atomic E-state index is 12.4. The lowest BCUT2D eigenvalue weighted by Crippen LogP contribution is -2.29. The molecule has 138 valence electrons. The Labute approximate surface area is 156 Å². The van der Waals surface area contributed by atoms with Gasteiger partial charge in [-0.2, -0.15) is 0 Å². The van der Waals surface area contributed by atoms with Crippen LogP contribution in [0.2, 0.25) is 0 Å². The van der Waals surface area contributed by atoms with E-state index in [-0.39, 0.29) is 12.0 Å². The average Bonchev–Trinajstić information content (AvgIpc) is 3.12. The molecule has 0 radical (unpaired) electrons. The van der Waals surface area contributed by atoms with E-state index < -0.39 is 16.9 Å². The van der Waals surface area contributed by atoms with E-state index in [0.29, 0.717) is 30.2 Å². The second-order valence-electron chi connectivity index (χ2n) is 6.46. The number of rotatable bonds is 7. The van der Waals surface area contributed by atoms with E-state index in [1.165, 1.54) is 0 Å². The van der Waals surface area contributed by atoms with Crippen LogP contribution >= 0.6 is 0 Å². The van der Waals surface area contributed by atoms with Gasteiger partial charge in [-0.3, -0.25) is 9.00 Å². The molecular weight excluding hydrogens is 348 g/mol. The summed E-state index contributed by atoms with van der Waals surface area (Å²) >= 11 is 0. The van der Waals surface area contributed by atoms with Gasteiger partial charge in [-0.25, -0.2) is 0 Å². The van der Waals surface area contributed by atoms with Crippen molar-refractivity contribution >= 4 is 22.4 Å². The summed E-state index contributed by atoms with van der Waals surface area (Å²) in [6.45, 7) is 0.437. The molecule has 6 heteroatoms. The summed E-state index contributed by atoms with van der Waals surface area (Å²) in [5.74, 6) is 0.824. The molecule has 2 aromatic rings. The van der Waals surface area contributed by atoms with Crippen molar-refractivity contribution in [2.24, 2.45) is 5.73 Å². The molecule has 0 bridgehead atoms. The van der Waals surface area contributed by atoms with Gasteiger partial charge in [-0.1, -0.05) is 42.5 Å². The minimum absolute atomic E-state index is 0.0301. The number of amides is 1. The number of ether oxygens (including phenoxy) is 1. The van der Waals surface area contributed by atoms with E-state index >= 15 is 0 Å². The summed E-state index contributed by atoms with van der Waals surface area (Å²) in [6, 6.07) is 17.3. The largest absolute Gasteiger partial charge is 0.364 e. The Balaban J connectivity index is 1.56. The molecule has 1 amide bonds. The summed E-state index contributed by atoms with van der Waals surface area (Å²) in [4.78, 5) is 12.3. The van der Waals surface area contributed by atoms with E-state index in [2.05, 4.69) is 5.32 Å². The second kappa shape index (κ2) is 9.07. The number of carbonyl (C=O) groups is 1. The van der Waals surface area contributed by atoms with Gasteiger partial charge < -0.3 is 15.8 Å². The van der Waals surface area contributed by atoms with Gasteiger partial charge in [0.2, 0.25) is 0 Å². The highest BCUT2D eigenvalue weighted by atomic mass is 32.2. The normalized spacial score (nSPS) is 20.7. The van der Waals surface area contributed by atoms with Crippen molar-refractivity contribution in [1.29, 1.82) is 0 Å². The van der Waals surface area contributed by atoms with Crippen LogP contribution in [0, 0.1) is 0 Å². The predicted molar refractivity (Wildman–Crippen MR) is 104 cm³/mol. The lowest BCUT2D eigenvalue weighted by Gasteiger charge is -2.13. The Morgan fingerprint density at radius 1 is 1.08 bits per heavy atom. The number of nitrogens with two attached hydrogens (primary N) is 1. The van der Waals surface area contributed by atoms with Crippen molar-refractivity contribution < 1.29 is 13.7 Å². The van der Waals surface area contributed by atoms with Crippen LogP contribution in [-0.2, 0) is 31.8 Å². The van der Waals surface area contributed by atoms with Crippen molar-refractivity contribution in [3.63, 3.8) is 0 Å². The number of carbonyl (C=O) groups excluding carboxylic acids is 1. The Hall–Kier alpha value is -2.02. The fourth-order valence-electron chi connectivity index (χ4n) is 3.03. The lowest BCUT2D eigenvalue weighted by molar-refractivity contribution is -0.126. The van der Waals surface area contributed by atoms with Crippen LogP contribution in [0.15, 0.2) is 54.6 Å². The van der Waals surface area contributed by atoms with Crippen LogP contribution in [-0.4, -0.2) is 28.9 Å². The third kappa shape index (κ3) is 5.24. The maximum absolute atomic E-state index is 12.4. The summed E-state index contributed by atoms with van der Waals surface area (Å²) in [5, 5.41) is 2.89. The topological polar surface area (TPSA) is 81.4 Å². The summed E-state index contributed by atoms with van der Waals surface area (Å²) in [6.07, 6.45) is 1.03. The van der Waals surface area contributed by atoms with E-state index in [4.69, 9.17) is 10.5 Å². The van der Waals surface area contributed by atoms with Gasteiger partial charge in [0.25, 0.3) is 5.91 Å². The van der Waals surface area contributed by atoms with Crippen molar-refractivity contribution in [2.75, 3.05) is 11.9 Å². The SMILES string of the molecule is NC[C@H]1CC[C@@H](C(=O)Nc2cccc(CS(=O)Cc3ccccc3)c2)O1. The van der Waals surface area contributed by atoms with Crippen molar-refractivity contribution in [1.82, 2.24) is 0 Å². The highest BCUT2D eigenvalue weighted by Crippen LogP contribution is 2.21. The van der Waals surface area contributed by atoms with Crippen LogP contribution in [0.25, 0.3) is 0 Å². The molecule has 5 nitrogen and oxygen atoms in total. The standard InChI is InChI=1S/C20H24N2O3S/c21-12-18-9-10-19(25-18)20(23)22-17-8-4-7-16(11-17)14-26(24)13-15-5-2-1-3-6-15/h1-8,11,18-19H,9-10,12-14,21H2,(H,22,23)/t18-,19+,26?/m1/s1. The molecule has 0 aliphatic carbocycles. The smallest absolute Gasteiger partial charge is 0.253 e. The first-order valence-electron chi connectivity index (χ1n) is 8.78. The van der Waals surface area contributed by atoms with E-state index in [1.807, 2.05) is 54.6 Å². The quantitative estimate of drug-likeness (QED) is 0.783. The van der Waals surface area contributed by atoms with Gasteiger partial charge in [0, 0.05) is 34.5 Å². The minimum atomic E-state index is -1.00. The summed E-state index contributed by atoms with van der Waals surface area (Å²) in [7, 11) is -1.00. The fourth-order valence-corrected chi connectivity index (χ4v) is 4.25. The Kier molecular flexibility index (Phi) is 6.55. The third-order valence-electron chi connectivity index (χ3n) is 4.36. The molecule has 0 spiro atoms. The number of anilines is 1. The molecule has 1 fully saturated rings. The first kappa shape index (κ1) is 18.8. The van der Waals surface area contributed by atoms with Crippen molar-refractivity contribution in [3.8, 4) is 0 Å². The third-order valence-corrected chi connectivity index (χ3v) is 5.67. The van der Waals surface area contributed by atoms with Crippen LogP contribution in [0.1, 0.15) is 24.0 Å². The van der Waals surface area contributed by atoms with Crippen LogP contribution in [0.5, 0.6) is 0 Å². The van der Waals surface area contributed by atoms with Crippen molar-refractivity contribution in [3.05, 3.63) is 65.7 Å². The van der Waals surface area contributed by atoms with Gasteiger partial charge in [0.1, 0.15) is 6.10 Å². The molecule has 0 aromatic heterocycles. The number of nitrogens with one attached hydrogen (secondary N) is 1. The molecule has 1 unspecified atom stereocenters. The van der Waals surface area contributed by atoms with Crippen LogP contribution in [0.3, 0.4) is 0 Å². The Morgan fingerprint density at radius 3 is 2.54 bits per heavy atom. The zero-order chi connectivity index (χ0) is 18.4. The fraction of sp³-hybridized carbons (Fsp3) is 0.350. The first-order chi connectivity index (χ1) is 12.6. The monoisotopic (exact) mass is 372 g/mol. The van der Waals surface area contributed by atoms with Gasteiger partial charge in [0.05, 0.1) is 6.10 Å². The summed E-state index contributed by atoms with van der Waals surface area (Å²) in [5.41, 5.74) is 8.28. The number of hydrogen-bond donors (Lipinski definition) is 2. The molecule has 1 aliphatic heterocycles. The molecule has 26 heavy (non-hydrogen) atoms. The first-order valence-corrected chi connectivity index (χ1v) is 10.3. The van der Waals surface area contributed by atoms with Gasteiger partial charge >= 0.3 is 0 Å². The van der Waals surface area contributed by atoms with E-state index in [1.54, 1.807) is 0 Å². The van der Waals surface area contributed by atoms with E-state index in [0.717, 1.165) is 17.5 Å².